The van der Waals surface area contributed by atoms with Crippen molar-refractivity contribution in [2.75, 3.05) is 0 Å². The van der Waals surface area contributed by atoms with Crippen LogP contribution >= 0.6 is 0 Å². The van der Waals surface area contributed by atoms with Crippen molar-refractivity contribution in [3.63, 3.8) is 0 Å². The predicted octanol–water partition coefficient (Wildman–Crippen LogP) is 3.34. The third-order valence-corrected chi connectivity index (χ3v) is 4.36. The highest BCUT2D eigenvalue weighted by Crippen LogP contribution is 2.40. The van der Waals surface area contributed by atoms with Crippen molar-refractivity contribution in [1.29, 1.82) is 0 Å². The Kier molecular flexibility index (Phi) is 4.33. The lowest BCUT2D eigenvalue weighted by molar-refractivity contribution is 0.0443. The van der Waals surface area contributed by atoms with Crippen LogP contribution in [0.4, 0.5) is 0 Å². The average Bonchev–Trinajstić information content (AvgIpc) is 2.40. The molecule has 0 amide bonds. The molecule has 1 aliphatic carbocycles. The molecule has 1 aromatic rings. The molecule has 2 rings (SSSR count). The number of nitrogens with zero attached hydrogens (tertiary/aromatic N) is 2. The summed E-state index contributed by atoms with van der Waals surface area (Å²) in [6.07, 6.45) is 5.75. The number of hydrogen-bond donors (Lipinski definition) is 1. The molecule has 1 heterocycles. The zero-order chi connectivity index (χ0) is 13.1. The molecule has 100 valence electrons. The maximum absolute atomic E-state index is 10.7. The van der Waals surface area contributed by atoms with Crippen LogP contribution in [0, 0.1) is 25.7 Å². The average molecular weight is 248 g/mol. The molecule has 0 spiro atoms. The van der Waals surface area contributed by atoms with Gasteiger partial charge in [0, 0.05) is 5.56 Å². The van der Waals surface area contributed by atoms with Gasteiger partial charge >= 0.3 is 0 Å². The lowest BCUT2D eigenvalue weighted by atomic mass is 9.73. The first-order valence-electron chi connectivity index (χ1n) is 7.12. The first-order chi connectivity index (χ1) is 8.63. The van der Waals surface area contributed by atoms with Crippen LogP contribution in [0.2, 0.25) is 0 Å². The highest BCUT2D eigenvalue weighted by Gasteiger charge is 2.31. The second-order valence-corrected chi connectivity index (χ2v) is 5.59. The fourth-order valence-corrected chi connectivity index (χ4v) is 3.26. The standard InChI is InChI=1S/C15H24N2O/c1-4-12-7-5-6-8-13(12)15(18)14-9-10(2)16-17-11(14)3/h9,12-13,15,18H,4-8H2,1-3H3. The minimum absolute atomic E-state index is 0.371. The van der Waals surface area contributed by atoms with Crippen molar-refractivity contribution >= 4 is 0 Å². The number of aliphatic hydroxyl groups is 1. The first-order valence-corrected chi connectivity index (χ1v) is 7.12. The molecule has 0 saturated heterocycles. The highest BCUT2D eigenvalue weighted by atomic mass is 16.3. The van der Waals surface area contributed by atoms with E-state index < -0.39 is 0 Å². The Morgan fingerprint density at radius 1 is 1.28 bits per heavy atom. The van der Waals surface area contributed by atoms with Crippen LogP contribution in [0.1, 0.15) is 62.1 Å². The van der Waals surface area contributed by atoms with Gasteiger partial charge in [-0.1, -0.05) is 32.6 Å². The first kappa shape index (κ1) is 13.5. The van der Waals surface area contributed by atoms with Gasteiger partial charge in [0.15, 0.2) is 0 Å². The van der Waals surface area contributed by atoms with Crippen molar-refractivity contribution in [3.05, 3.63) is 23.0 Å². The Morgan fingerprint density at radius 3 is 2.72 bits per heavy atom. The molecular weight excluding hydrogens is 224 g/mol. The molecule has 3 atom stereocenters. The van der Waals surface area contributed by atoms with Gasteiger partial charge in [0.2, 0.25) is 0 Å². The van der Waals surface area contributed by atoms with Gasteiger partial charge in [-0.2, -0.15) is 10.2 Å². The Balaban J connectivity index is 2.23. The zero-order valence-corrected chi connectivity index (χ0v) is 11.7. The van der Waals surface area contributed by atoms with E-state index >= 15 is 0 Å². The van der Waals surface area contributed by atoms with E-state index in [2.05, 4.69) is 17.1 Å². The Morgan fingerprint density at radius 2 is 2.00 bits per heavy atom. The van der Waals surface area contributed by atoms with Crippen LogP contribution < -0.4 is 0 Å². The third kappa shape index (κ3) is 2.72. The summed E-state index contributed by atoms with van der Waals surface area (Å²) in [7, 11) is 0. The molecule has 1 N–H and O–H groups in total. The number of aromatic nitrogens is 2. The fraction of sp³-hybridized carbons (Fsp3) is 0.733. The third-order valence-electron chi connectivity index (χ3n) is 4.36. The summed E-state index contributed by atoms with van der Waals surface area (Å²) in [5, 5.41) is 18.9. The van der Waals surface area contributed by atoms with Crippen LogP contribution in [-0.4, -0.2) is 15.3 Å². The lowest BCUT2D eigenvalue weighted by Gasteiger charge is -2.34. The molecule has 1 aliphatic rings. The van der Waals surface area contributed by atoms with Crippen LogP contribution in [0.5, 0.6) is 0 Å². The van der Waals surface area contributed by atoms with Crippen molar-refractivity contribution in [1.82, 2.24) is 10.2 Å². The SMILES string of the molecule is CCC1CCCCC1C(O)c1cc(C)nnc1C. The van der Waals surface area contributed by atoms with E-state index in [1.807, 2.05) is 19.9 Å². The van der Waals surface area contributed by atoms with Gasteiger partial charge in [0.1, 0.15) is 0 Å². The molecule has 3 heteroatoms. The molecule has 3 nitrogen and oxygen atoms in total. The van der Waals surface area contributed by atoms with E-state index in [-0.39, 0.29) is 6.10 Å². The van der Waals surface area contributed by atoms with Gasteiger partial charge in [0.25, 0.3) is 0 Å². The highest BCUT2D eigenvalue weighted by molar-refractivity contribution is 5.23. The van der Waals surface area contributed by atoms with Crippen molar-refractivity contribution < 1.29 is 5.11 Å². The summed E-state index contributed by atoms with van der Waals surface area (Å²) in [6, 6.07) is 1.99. The minimum atomic E-state index is -0.371. The summed E-state index contributed by atoms with van der Waals surface area (Å²) in [5.74, 6) is 1.05. The summed E-state index contributed by atoms with van der Waals surface area (Å²) in [6.45, 7) is 6.11. The number of hydrogen-bond acceptors (Lipinski definition) is 3. The van der Waals surface area contributed by atoms with Crippen LogP contribution in [0.25, 0.3) is 0 Å². The van der Waals surface area contributed by atoms with Crippen molar-refractivity contribution in [2.45, 2.75) is 59.0 Å². The van der Waals surface area contributed by atoms with E-state index in [0.29, 0.717) is 11.8 Å². The van der Waals surface area contributed by atoms with Crippen LogP contribution in [-0.2, 0) is 0 Å². The summed E-state index contributed by atoms with van der Waals surface area (Å²) < 4.78 is 0. The molecular formula is C15H24N2O. The van der Waals surface area contributed by atoms with Crippen LogP contribution in [0.3, 0.4) is 0 Å². The monoisotopic (exact) mass is 248 g/mol. The maximum atomic E-state index is 10.7. The van der Waals surface area contributed by atoms with E-state index in [9.17, 15) is 5.11 Å². The normalized spacial score (nSPS) is 26.0. The van der Waals surface area contributed by atoms with Crippen LogP contribution in [0.15, 0.2) is 6.07 Å². The quantitative estimate of drug-likeness (QED) is 0.892. The summed E-state index contributed by atoms with van der Waals surface area (Å²) >= 11 is 0. The molecule has 1 fully saturated rings. The Hall–Kier alpha value is -0.960. The molecule has 0 radical (unpaired) electrons. The maximum Gasteiger partial charge on any atom is 0.0839 e. The fourth-order valence-electron chi connectivity index (χ4n) is 3.26. The van der Waals surface area contributed by atoms with Gasteiger partial charge in [-0.25, -0.2) is 0 Å². The van der Waals surface area contributed by atoms with Crippen molar-refractivity contribution in [2.24, 2.45) is 11.8 Å². The Labute approximate surface area is 110 Å². The minimum Gasteiger partial charge on any atom is -0.388 e. The summed E-state index contributed by atoms with van der Waals surface area (Å²) in [5.41, 5.74) is 2.74. The lowest BCUT2D eigenvalue weighted by Crippen LogP contribution is -2.26. The van der Waals surface area contributed by atoms with Crippen molar-refractivity contribution in [3.8, 4) is 0 Å². The number of rotatable bonds is 3. The van der Waals surface area contributed by atoms with Gasteiger partial charge < -0.3 is 5.11 Å². The summed E-state index contributed by atoms with van der Waals surface area (Å²) in [4.78, 5) is 0. The van der Waals surface area contributed by atoms with E-state index in [4.69, 9.17) is 0 Å². The molecule has 1 saturated carbocycles. The Bertz CT molecular complexity index is 405. The van der Waals surface area contributed by atoms with Gasteiger partial charge in [-0.3, -0.25) is 0 Å². The topological polar surface area (TPSA) is 46.0 Å². The predicted molar refractivity (Wildman–Crippen MR) is 72.2 cm³/mol. The van der Waals surface area contributed by atoms with Gasteiger partial charge in [-0.05, 0) is 38.2 Å². The van der Waals surface area contributed by atoms with E-state index in [0.717, 1.165) is 29.8 Å². The second-order valence-electron chi connectivity index (χ2n) is 5.59. The largest absolute Gasteiger partial charge is 0.388 e. The zero-order valence-electron chi connectivity index (χ0n) is 11.7. The van der Waals surface area contributed by atoms with E-state index in [1.165, 1.54) is 19.3 Å². The number of aliphatic hydroxyl groups excluding tert-OH is 1. The molecule has 0 aliphatic heterocycles. The molecule has 3 unspecified atom stereocenters. The molecule has 0 aromatic carbocycles. The molecule has 18 heavy (non-hydrogen) atoms. The molecule has 1 aromatic heterocycles. The van der Waals surface area contributed by atoms with Gasteiger partial charge in [-0.15, -0.1) is 0 Å². The second kappa shape index (κ2) is 5.79. The number of aryl methyl sites for hydroxylation is 2. The van der Waals surface area contributed by atoms with E-state index in [1.54, 1.807) is 0 Å². The smallest absolute Gasteiger partial charge is 0.0839 e. The molecule has 0 bridgehead atoms. The van der Waals surface area contributed by atoms with Gasteiger partial charge in [0.05, 0.1) is 17.5 Å².